The molecule has 1 fully saturated rings. The molecular formula is C22H22BrNO3. The van der Waals surface area contributed by atoms with Gasteiger partial charge in [-0.15, -0.1) is 0 Å². The summed E-state index contributed by atoms with van der Waals surface area (Å²) in [7, 11) is 1.41. The van der Waals surface area contributed by atoms with Gasteiger partial charge in [0.05, 0.1) is 18.5 Å². The number of hydrogen-bond acceptors (Lipinski definition) is 3. The Labute approximate surface area is 167 Å². The van der Waals surface area contributed by atoms with Gasteiger partial charge >= 0.3 is 6.09 Å². The van der Waals surface area contributed by atoms with Gasteiger partial charge in [0, 0.05) is 18.4 Å². The average Bonchev–Trinajstić information content (AvgIpc) is 3.06. The van der Waals surface area contributed by atoms with Gasteiger partial charge in [0.1, 0.15) is 5.78 Å². The molecule has 1 unspecified atom stereocenters. The molecule has 140 valence electrons. The molecule has 2 aromatic rings. The summed E-state index contributed by atoms with van der Waals surface area (Å²) in [6, 6.07) is 16.4. The summed E-state index contributed by atoms with van der Waals surface area (Å²) >= 11 is 3.34. The van der Waals surface area contributed by atoms with Crippen LogP contribution in [0, 0.1) is 5.92 Å². The average molecular weight is 428 g/mol. The second-order valence-electron chi connectivity index (χ2n) is 7.15. The van der Waals surface area contributed by atoms with E-state index in [9.17, 15) is 9.59 Å². The summed E-state index contributed by atoms with van der Waals surface area (Å²) in [4.78, 5) is 27.2. The minimum Gasteiger partial charge on any atom is -0.453 e. The minimum atomic E-state index is -0.353. The fourth-order valence-electron chi connectivity index (χ4n) is 4.77. The molecule has 0 radical (unpaired) electrons. The maximum Gasteiger partial charge on any atom is 0.409 e. The Morgan fingerprint density at radius 2 is 1.67 bits per heavy atom. The van der Waals surface area contributed by atoms with Crippen molar-refractivity contribution in [3.05, 3.63) is 59.7 Å². The summed E-state index contributed by atoms with van der Waals surface area (Å²) in [5.41, 5.74) is 4.76. The molecule has 0 bridgehead atoms. The quantitative estimate of drug-likeness (QED) is 0.671. The Bertz CT molecular complexity index is 812. The number of nitrogens with zero attached hydrogens (tertiary/aromatic N) is 1. The summed E-state index contributed by atoms with van der Waals surface area (Å²) in [5, 5.41) is 0.305. The van der Waals surface area contributed by atoms with Crippen molar-refractivity contribution in [1.82, 2.24) is 4.90 Å². The molecule has 1 aliphatic carbocycles. The number of fused-ring (bicyclic) bond motifs is 3. The molecular weight excluding hydrogens is 406 g/mol. The zero-order valence-electron chi connectivity index (χ0n) is 15.2. The molecule has 0 spiro atoms. The van der Waals surface area contributed by atoms with Crippen molar-refractivity contribution < 1.29 is 14.3 Å². The SMILES string of the molecule is COC(=O)N1CCC[C@@H](C(=O)CBr)C1C1c2ccccc2-c2ccccc21. The number of amides is 1. The van der Waals surface area contributed by atoms with Crippen LogP contribution in [-0.2, 0) is 9.53 Å². The van der Waals surface area contributed by atoms with Gasteiger partial charge in [-0.05, 0) is 35.1 Å². The normalized spacial score (nSPS) is 21.5. The first-order chi connectivity index (χ1) is 13.2. The Hall–Kier alpha value is -2.14. The highest BCUT2D eigenvalue weighted by atomic mass is 79.9. The third-order valence-corrected chi connectivity index (χ3v) is 6.42. The van der Waals surface area contributed by atoms with Gasteiger partial charge in [0.15, 0.2) is 0 Å². The van der Waals surface area contributed by atoms with Crippen LogP contribution < -0.4 is 0 Å². The Morgan fingerprint density at radius 1 is 1.07 bits per heavy atom. The molecule has 27 heavy (non-hydrogen) atoms. The van der Waals surface area contributed by atoms with E-state index in [1.54, 1.807) is 4.90 Å². The van der Waals surface area contributed by atoms with Crippen LogP contribution in [0.2, 0.25) is 0 Å². The van der Waals surface area contributed by atoms with Crippen molar-refractivity contribution >= 4 is 27.8 Å². The van der Waals surface area contributed by atoms with Gasteiger partial charge in [-0.2, -0.15) is 0 Å². The van der Waals surface area contributed by atoms with Crippen molar-refractivity contribution in [3.63, 3.8) is 0 Å². The number of likely N-dealkylation sites (tertiary alicyclic amines) is 1. The van der Waals surface area contributed by atoms with Crippen LogP contribution in [0.4, 0.5) is 4.79 Å². The Morgan fingerprint density at radius 3 is 2.22 bits per heavy atom. The molecule has 0 aromatic heterocycles. The summed E-state index contributed by atoms with van der Waals surface area (Å²) in [5.74, 6) is -0.0818. The third kappa shape index (κ3) is 2.98. The van der Waals surface area contributed by atoms with Crippen molar-refractivity contribution in [1.29, 1.82) is 0 Å². The highest BCUT2D eigenvalue weighted by molar-refractivity contribution is 9.09. The number of ketones is 1. The first-order valence-corrected chi connectivity index (χ1v) is 10.4. The number of ether oxygens (including phenoxy) is 1. The Balaban J connectivity index is 1.88. The molecule has 4 rings (SSSR count). The number of methoxy groups -OCH3 is 1. The predicted octanol–water partition coefficient (Wildman–Crippen LogP) is 4.61. The molecule has 1 saturated heterocycles. The molecule has 2 aliphatic rings. The number of piperidine rings is 1. The number of carbonyl (C=O) groups is 2. The van der Waals surface area contributed by atoms with Crippen molar-refractivity contribution in [2.45, 2.75) is 24.8 Å². The molecule has 4 nitrogen and oxygen atoms in total. The topological polar surface area (TPSA) is 46.6 Å². The summed E-state index contributed by atoms with van der Waals surface area (Å²) in [6.07, 6.45) is 1.25. The van der Waals surface area contributed by atoms with Gasteiger partial charge in [-0.3, -0.25) is 4.79 Å². The molecule has 1 amide bonds. The van der Waals surface area contributed by atoms with Crippen LogP contribution in [0.3, 0.4) is 0 Å². The summed E-state index contributed by atoms with van der Waals surface area (Å²) in [6.45, 7) is 0.615. The highest BCUT2D eigenvalue weighted by Gasteiger charge is 2.46. The highest BCUT2D eigenvalue weighted by Crippen LogP contribution is 2.50. The number of rotatable bonds is 3. The lowest BCUT2D eigenvalue weighted by molar-refractivity contribution is -0.123. The third-order valence-electron chi connectivity index (χ3n) is 5.86. The minimum absolute atomic E-state index is 0.0233. The fraction of sp³-hybridized carbons (Fsp3) is 0.364. The molecule has 0 N–H and O–H groups in total. The van der Waals surface area contributed by atoms with Crippen LogP contribution in [0.1, 0.15) is 29.9 Å². The van der Waals surface area contributed by atoms with E-state index in [4.69, 9.17) is 4.74 Å². The predicted molar refractivity (Wildman–Crippen MR) is 108 cm³/mol. The number of halogens is 1. The van der Waals surface area contributed by atoms with Crippen molar-refractivity contribution in [3.8, 4) is 11.1 Å². The molecule has 1 aliphatic heterocycles. The standard InChI is InChI=1S/C22H22BrNO3/c1-27-22(26)24-12-6-11-18(19(25)13-23)21(24)20-16-9-4-2-7-14(16)15-8-3-5-10-17(15)20/h2-5,7-10,18,20-21H,6,11-13H2,1H3/t18-,21?/m0/s1. The number of alkyl halides is 1. The first kappa shape index (κ1) is 18.2. The second-order valence-corrected chi connectivity index (χ2v) is 7.72. The monoisotopic (exact) mass is 427 g/mol. The molecule has 2 aromatic carbocycles. The fourth-order valence-corrected chi connectivity index (χ4v) is 5.19. The number of Topliss-reactive ketones (excluding diaryl/α,β-unsaturated/α-hetero) is 1. The van der Waals surface area contributed by atoms with Gasteiger partial charge < -0.3 is 9.64 Å². The van der Waals surface area contributed by atoms with Crippen molar-refractivity contribution in [2.24, 2.45) is 5.92 Å². The lowest BCUT2D eigenvalue weighted by atomic mass is 9.75. The number of hydrogen-bond donors (Lipinski definition) is 0. The van der Waals surface area contributed by atoms with Crippen LogP contribution in [-0.4, -0.2) is 41.8 Å². The molecule has 1 heterocycles. The van der Waals surface area contributed by atoms with Gasteiger partial charge in [-0.1, -0.05) is 64.5 Å². The van der Waals surface area contributed by atoms with E-state index in [2.05, 4.69) is 40.2 Å². The Kier molecular flexibility index (Phi) is 5.04. The second kappa shape index (κ2) is 7.47. The maximum atomic E-state index is 12.8. The van der Waals surface area contributed by atoms with E-state index in [0.717, 1.165) is 12.8 Å². The van der Waals surface area contributed by atoms with Gasteiger partial charge in [-0.25, -0.2) is 4.79 Å². The van der Waals surface area contributed by atoms with Crippen LogP contribution in [0.5, 0.6) is 0 Å². The lowest BCUT2D eigenvalue weighted by Crippen LogP contribution is -2.53. The number of carbonyl (C=O) groups excluding carboxylic acids is 2. The molecule has 2 atom stereocenters. The van der Waals surface area contributed by atoms with Gasteiger partial charge in [0.25, 0.3) is 0 Å². The smallest absolute Gasteiger partial charge is 0.409 e. The van der Waals surface area contributed by atoms with Crippen LogP contribution >= 0.6 is 15.9 Å². The van der Waals surface area contributed by atoms with E-state index < -0.39 is 0 Å². The largest absolute Gasteiger partial charge is 0.453 e. The zero-order valence-corrected chi connectivity index (χ0v) is 16.8. The van der Waals surface area contributed by atoms with E-state index in [0.29, 0.717) is 11.9 Å². The molecule has 5 heteroatoms. The lowest BCUT2D eigenvalue weighted by Gasteiger charge is -2.43. The van der Waals surface area contributed by atoms with E-state index >= 15 is 0 Å². The van der Waals surface area contributed by atoms with E-state index in [1.165, 1.54) is 29.4 Å². The van der Waals surface area contributed by atoms with E-state index in [1.807, 2.05) is 24.3 Å². The summed E-state index contributed by atoms with van der Waals surface area (Å²) < 4.78 is 5.08. The van der Waals surface area contributed by atoms with Crippen LogP contribution in [0.25, 0.3) is 11.1 Å². The number of benzene rings is 2. The molecule has 0 saturated carbocycles. The van der Waals surface area contributed by atoms with Gasteiger partial charge in [0.2, 0.25) is 0 Å². The van der Waals surface area contributed by atoms with Crippen molar-refractivity contribution in [2.75, 3.05) is 19.0 Å². The van der Waals surface area contributed by atoms with E-state index in [-0.39, 0.29) is 29.8 Å². The first-order valence-electron chi connectivity index (χ1n) is 9.29. The van der Waals surface area contributed by atoms with Crippen LogP contribution in [0.15, 0.2) is 48.5 Å². The maximum absolute atomic E-state index is 12.8. The zero-order chi connectivity index (χ0) is 19.0.